The van der Waals surface area contributed by atoms with E-state index in [1.165, 1.54) is 45.2 Å². The quantitative estimate of drug-likeness (QED) is 0.777. The van der Waals surface area contributed by atoms with Crippen LogP contribution in [0, 0.1) is 6.92 Å². The van der Waals surface area contributed by atoms with Gasteiger partial charge in [0.05, 0.1) is 5.69 Å². The zero-order valence-electron chi connectivity index (χ0n) is 13.4. The fourth-order valence-corrected chi connectivity index (χ4v) is 2.96. The lowest BCUT2D eigenvalue weighted by atomic mass is 10.1. The number of rotatable bonds is 7. The van der Waals surface area contributed by atoms with Crippen LogP contribution < -0.4 is 5.32 Å². The summed E-state index contributed by atoms with van der Waals surface area (Å²) in [5.41, 5.74) is 1.11. The van der Waals surface area contributed by atoms with Crippen molar-refractivity contribution in [2.45, 2.75) is 65.5 Å². The van der Waals surface area contributed by atoms with Crippen molar-refractivity contribution in [1.82, 2.24) is 14.5 Å². The first-order chi connectivity index (χ1) is 9.70. The monoisotopic (exact) mass is 278 g/mol. The number of likely N-dealkylation sites (tertiary alicyclic amines) is 1. The van der Waals surface area contributed by atoms with Crippen molar-refractivity contribution in [3.63, 3.8) is 0 Å². The lowest BCUT2D eigenvalue weighted by molar-refractivity contribution is 0.160. The van der Waals surface area contributed by atoms with Gasteiger partial charge in [0.2, 0.25) is 5.95 Å². The highest BCUT2D eigenvalue weighted by Crippen LogP contribution is 2.16. The van der Waals surface area contributed by atoms with Crippen molar-refractivity contribution in [3.8, 4) is 0 Å². The number of anilines is 1. The Morgan fingerprint density at radius 2 is 2.05 bits per heavy atom. The Kier molecular flexibility index (Phi) is 5.89. The Balaban J connectivity index is 1.93. The number of hydrogen-bond donors (Lipinski definition) is 1. The largest absolute Gasteiger partial charge is 0.356 e. The third kappa shape index (κ3) is 4.23. The van der Waals surface area contributed by atoms with Gasteiger partial charge in [0, 0.05) is 25.3 Å². The number of piperidine rings is 1. The van der Waals surface area contributed by atoms with Crippen LogP contribution >= 0.6 is 0 Å². The Bertz CT molecular complexity index is 393. The third-order valence-electron chi connectivity index (χ3n) is 4.19. The van der Waals surface area contributed by atoms with Crippen molar-refractivity contribution in [2.75, 3.05) is 25.0 Å². The molecule has 0 saturated carbocycles. The number of aromatic nitrogens is 2. The summed E-state index contributed by atoms with van der Waals surface area (Å²) >= 11 is 0. The van der Waals surface area contributed by atoms with Crippen LogP contribution in [0.3, 0.4) is 0 Å². The molecule has 0 aromatic carbocycles. The highest BCUT2D eigenvalue weighted by Gasteiger charge is 2.18. The molecule has 20 heavy (non-hydrogen) atoms. The fraction of sp³-hybridized carbons (Fsp3) is 0.812. The Morgan fingerprint density at radius 3 is 2.75 bits per heavy atom. The zero-order valence-corrected chi connectivity index (χ0v) is 13.4. The average Bonchev–Trinajstić information content (AvgIpc) is 2.80. The highest BCUT2D eigenvalue weighted by atomic mass is 15.2. The van der Waals surface area contributed by atoms with Crippen LogP contribution in [-0.2, 0) is 6.54 Å². The molecule has 4 heteroatoms. The summed E-state index contributed by atoms with van der Waals surface area (Å²) in [5, 5.41) is 3.48. The molecule has 0 spiro atoms. The number of unbranched alkanes of at least 4 members (excludes halogenated alkanes) is 1. The van der Waals surface area contributed by atoms with Crippen LogP contribution in [0.15, 0.2) is 6.20 Å². The first kappa shape index (κ1) is 15.4. The van der Waals surface area contributed by atoms with E-state index in [1.807, 2.05) is 0 Å². The molecule has 1 aliphatic heterocycles. The van der Waals surface area contributed by atoms with Crippen LogP contribution in [0.4, 0.5) is 5.95 Å². The molecule has 1 aliphatic rings. The summed E-state index contributed by atoms with van der Waals surface area (Å²) in [6, 6.07) is 0.593. The summed E-state index contributed by atoms with van der Waals surface area (Å²) < 4.78 is 2.30. The second-order valence-electron chi connectivity index (χ2n) is 6.08. The topological polar surface area (TPSA) is 33.1 Å². The van der Waals surface area contributed by atoms with E-state index < -0.39 is 0 Å². The molecule has 1 aromatic heterocycles. The molecule has 0 radical (unpaired) electrons. The molecule has 1 atom stereocenters. The van der Waals surface area contributed by atoms with Gasteiger partial charge in [0.15, 0.2) is 0 Å². The Morgan fingerprint density at radius 1 is 1.30 bits per heavy atom. The van der Waals surface area contributed by atoms with Crippen LogP contribution in [0.1, 0.15) is 51.6 Å². The maximum absolute atomic E-state index is 4.61. The number of nitrogens with zero attached hydrogens (tertiary/aromatic N) is 3. The van der Waals surface area contributed by atoms with Crippen LogP contribution in [0.5, 0.6) is 0 Å². The van der Waals surface area contributed by atoms with Gasteiger partial charge in [0.25, 0.3) is 0 Å². The predicted octanol–water partition coefficient (Wildman–Crippen LogP) is 3.28. The minimum absolute atomic E-state index is 0.593. The van der Waals surface area contributed by atoms with Gasteiger partial charge in [-0.05, 0) is 46.2 Å². The van der Waals surface area contributed by atoms with Gasteiger partial charge in [0.1, 0.15) is 0 Å². The van der Waals surface area contributed by atoms with Crippen LogP contribution in [0.25, 0.3) is 0 Å². The molecule has 2 rings (SSSR count). The predicted molar refractivity (Wildman–Crippen MR) is 85.2 cm³/mol. The molecule has 114 valence electrons. The molecular weight excluding hydrogens is 248 g/mol. The molecule has 2 heterocycles. The molecule has 1 fully saturated rings. The van der Waals surface area contributed by atoms with Crippen molar-refractivity contribution >= 4 is 5.95 Å². The molecule has 0 aliphatic carbocycles. The second-order valence-corrected chi connectivity index (χ2v) is 6.08. The summed E-state index contributed by atoms with van der Waals surface area (Å²) in [6.45, 7) is 11.2. The number of hydrogen-bond acceptors (Lipinski definition) is 3. The molecule has 0 bridgehead atoms. The van der Waals surface area contributed by atoms with E-state index in [4.69, 9.17) is 0 Å². The van der Waals surface area contributed by atoms with Gasteiger partial charge < -0.3 is 9.88 Å². The van der Waals surface area contributed by atoms with Crippen molar-refractivity contribution in [1.29, 1.82) is 0 Å². The van der Waals surface area contributed by atoms with Crippen molar-refractivity contribution in [3.05, 3.63) is 11.9 Å². The lowest BCUT2D eigenvalue weighted by Crippen LogP contribution is -2.39. The van der Waals surface area contributed by atoms with E-state index >= 15 is 0 Å². The van der Waals surface area contributed by atoms with Gasteiger partial charge in [-0.15, -0.1) is 0 Å². The van der Waals surface area contributed by atoms with E-state index in [-0.39, 0.29) is 0 Å². The normalized spacial score (nSPS) is 18.1. The van der Waals surface area contributed by atoms with Crippen molar-refractivity contribution in [2.24, 2.45) is 0 Å². The maximum Gasteiger partial charge on any atom is 0.203 e. The lowest BCUT2D eigenvalue weighted by Gasteiger charge is -2.32. The van der Waals surface area contributed by atoms with Gasteiger partial charge >= 0.3 is 0 Å². The van der Waals surface area contributed by atoms with Gasteiger partial charge in [-0.2, -0.15) is 0 Å². The molecule has 4 nitrogen and oxygen atoms in total. The van der Waals surface area contributed by atoms with E-state index in [2.05, 4.69) is 46.7 Å². The fourth-order valence-electron chi connectivity index (χ4n) is 2.96. The highest BCUT2D eigenvalue weighted by molar-refractivity contribution is 5.28. The summed E-state index contributed by atoms with van der Waals surface area (Å²) in [4.78, 5) is 7.23. The Labute approximate surface area is 123 Å². The SMILES string of the molecule is CCCCNc1nc(C)cn1CC(C)N1CCCCC1. The van der Waals surface area contributed by atoms with E-state index in [0.29, 0.717) is 6.04 Å². The minimum Gasteiger partial charge on any atom is -0.356 e. The van der Waals surface area contributed by atoms with Crippen molar-refractivity contribution < 1.29 is 0 Å². The van der Waals surface area contributed by atoms with E-state index in [1.54, 1.807) is 0 Å². The molecule has 1 aromatic rings. The maximum atomic E-state index is 4.61. The van der Waals surface area contributed by atoms with E-state index in [9.17, 15) is 0 Å². The van der Waals surface area contributed by atoms with Gasteiger partial charge in [-0.3, -0.25) is 4.90 Å². The van der Waals surface area contributed by atoms with Gasteiger partial charge in [-0.25, -0.2) is 4.98 Å². The first-order valence-corrected chi connectivity index (χ1v) is 8.22. The number of aryl methyl sites for hydroxylation is 1. The number of imidazole rings is 1. The molecule has 1 saturated heterocycles. The van der Waals surface area contributed by atoms with Crippen LogP contribution in [0.2, 0.25) is 0 Å². The standard InChI is InChI=1S/C16H30N4/c1-4-5-9-17-16-18-14(2)12-20(16)13-15(3)19-10-7-6-8-11-19/h12,15H,4-11,13H2,1-3H3,(H,17,18). The molecular formula is C16H30N4. The second kappa shape index (κ2) is 7.67. The van der Waals surface area contributed by atoms with Gasteiger partial charge in [-0.1, -0.05) is 19.8 Å². The Hall–Kier alpha value is -1.03. The molecule has 0 amide bonds. The summed E-state index contributed by atoms with van der Waals surface area (Å²) in [6.07, 6.45) is 8.71. The summed E-state index contributed by atoms with van der Waals surface area (Å²) in [7, 11) is 0. The van der Waals surface area contributed by atoms with E-state index in [0.717, 1.165) is 24.7 Å². The zero-order chi connectivity index (χ0) is 14.4. The summed E-state index contributed by atoms with van der Waals surface area (Å²) in [5.74, 6) is 1.04. The molecule has 1 unspecified atom stereocenters. The minimum atomic E-state index is 0.593. The third-order valence-corrected chi connectivity index (χ3v) is 4.19. The smallest absolute Gasteiger partial charge is 0.203 e. The average molecular weight is 278 g/mol. The first-order valence-electron chi connectivity index (χ1n) is 8.22. The number of nitrogens with one attached hydrogen (secondary N) is 1. The molecule has 1 N–H and O–H groups in total. The van der Waals surface area contributed by atoms with Crippen LogP contribution in [-0.4, -0.2) is 40.1 Å².